The molecule has 0 spiro atoms. The number of para-hydroxylation sites is 1. The molecule has 2 unspecified atom stereocenters. The number of nitrogens with zero attached hydrogens (tertiary/aromatic N) is 7. The van der Waals surface area contributed by atoms with Crippen LogP contribution in [0.3, 0.4) is 0 Å². The molecular weight excluding hydrogens is 443 g/mol. The van der Waals surface area contributed by atoms with Crippen LogP contribution in [0.4, 0.5) is 16.2 Å². The molecule has 2 atom stereocenters. The zero-order chi connectivity index (χ0) is 23.3. The molecule has 4 heterocycles. The lowest BCUT2D eigenvalue weighted by atomic mass is 10.0. The normalized spacial score (nSPS) is 17.7. The van der Waals surface area contributed by atoms with Crippen molar-refractivity contribution in [2.24, 2.45) is 5.92 Å². The Kier molecular flexibility index (Phi) is 5.02. The van der Waals surface area contributed by atoms with Gasteiger partial charge < -0.3 is 10.6 Å². The molecule has 11 heteroatoms. The van der Waals surface area contributed by atoms with Gasteiger partial charge in [0.2, 0.25) is 5.95 Å². The molecule has 9 nitrogen and oxygen atoms in total. The zero-order valence-electron chi connectivity index (χ0n) is 17.8. The first-order valence-electron chi connectivity index (χ1n) is 10.2. The Bertz CT molecular complexity index is 1480. The summed E-state index contributed by atoms with van der Waals surface area (Å²) < 4.78 is 17.0. The maximum Gasteiger partial charge on any atom is 0.286 e. The molecule has 0 saturated carbocycles. The number of hydrogen-bond acceptors (Lipinski definition) is 8. The molecule has 1 aromatic carbocycles. The van der Waals surface area contributed by atoms with E-state index >= 15 is 0 Å². The number of fused-ring (bicyclic) bond motifs is 1. The van der Waals surface area contributed by atoms with Gasteiger partial charge in [0.1, 0.15) is 11.6 Å². The van der Waals surface area contributed by atoms with Crippen LogP contribution in [0.5, 0.6) is 0 Å². The van der Waals surface area contributed by atoms with Crippen LogP contribution in [-0.2, 0) is 0 Å². The Hall–Kier alpha value is -3.91. The first kappa shape index (κ1) is 21.0. The molecule has 1 aliphatic heterocycles. The summed E-state index contributed by atoms with van der Waals surface area (Å²) >= 11 is 1.36. The van der Waals surface area contributed by atoms with Gasteiger partial charge in [0.25, 0.3) is 5.56 Å². The van der Waals surface area contributed by atoms with Crippen LogP contribution in [0.25, 0.3) is 11.2 Å². The van der Waals surface area contributed by atoms with Gasteiger partial charge in [-0.3, -0.25) is 9.36 Å². The van der Waals surface area contributed by atoms with Gasteiger partial charge in [-0.1, -0.05) is 36.9 Å². The maximum absolute atomic E-state index is 14.3. The first-order chi connectivity index (χ1) is 15.9. The summed E-state index contributed by atoms with van der Waals surface area (Å²) in [6.45, 7) is 4.43. The van der Waals surface area contributed by atoms with Crippen molar-refractivity contribution in [2.45, 2.75) is 24.4 Å². The average Bonchev–Trinajstić information content (AvgIpc) is 3.16. The van der Waals surface area contributed by atoms with Gasteiger partial charge >= 0.3 is 0 Å². The van der Waals surface area contributed by atoms with Gasteiger partial charge in [-0.2, -0.15) is 10.2 Å². The summed E-state index contributed by atoms with van der Waals surface area (Å²) in [5.74, 6) is 0.127. The minimum absolute atomic E-state index is 0.0911. The number of nitriles is 1. The second kappa shape index (κ2) is 7.90. The first-order valence-corrected chi connectivity index (χ1v) is 11.1. The quantitative estimate of drug-likeness (QED) is 0.492. The van der Waals surface area contributed by atoms with E-state index in [0.717, 1.165) is 0 Å². The molecule has 5 rings (SSSR count). The van der Waals surface area contributed by atoms with E-state index in [9.17, 15) is 14.4 Å². The van der Waals surface area contributed by atoms with E-state index in [-0.39, 0.29) is 22.8 Å². The van der Waals surface area contributed by atoms with Crippen LogP contribution in [0.15, 0.2) is 52.5 Å². The van der Waals surface area contributed by atoms with Crippen LogP contribution >= 0.6 is 11.8 Å². The van der Waals surface area contributed by atoms with E-state index in [1.807, 2.05) is 11.0 Å². The second-order valence-electron chi connectivity index (χ2n) is 7.83. The van der Waals surface area contributed by atoms with Crippen LogP contribution in [0.1, 0.15) is 18.2 Å². The van der Waals surface area contributed by atoms with Crippen LogP contribution in [0.2, 0.25) is 0 Å². The van der Waals surface area contributed by atoms with E-state index in [4.69, 9.17) is 5.73 Å². The average molecular weight is 463 g/mol. The van der Waals surface area contributed by atoms with Crippen molar-refractivity contribution < 1.29 is 4.39 Å². The number of hydrogen-bond donors (Lipinski definition) is 1. The molecule has 1 aliphatic rings. The predicted octanol–water partition coefficient (Wildman–Crippen LogP) is 2.75. The molecule has 3 aromatic heterocycles. The molecule has 1 fully saturated rings. The van der Waals surface area contributed by atoms with Gasteiger partial charge in [0.15, 0.2) is 22.3 Å². The van der Waals surface area contributed by atoms with Crippen molar-refractivity contribution >= 4 is 29.0 Å². The predicted molar refractivity (Wildman–Crippen MR) is 123 cm³/mol. The van der Waals surface area contributed by atoms with E-state index in [1.165, 1.54) is 33.1 Å². The Labute approximate surface area is 192 Å². The lowest BCUT2D eigenvalue weighted by molar-refractivity contribution is 0.407. The third-order valence-electron chi connectivity index (χ3n) is 5.60. The van der Waals surface area contributed by atoms with Crippen molar-refractivity contribution in [2.75, 3.05) is 17.2 Å². The topological polar surface area (TPSA) is 118 Å². The molecule has 1 saturated heterocycles. The van der Waals surface area contributed by atoms with Crippen molar-refractivity contribution in [3.63, 3.8) is 0 Å². The van der Waals surface area contributed by atoms with Gasteiger partial charge in [0, 0.05) is 18.7 Å². The maximum atomic E-state index is 14.3. The number of nitrogens with two attached hydrogens (primary N) is 1. The summed E-state index contributed by atoms with van der Waals surface area (Å²) in [4.78, 5) is 23.7. The lowest BCUT2D eigenvalue weighted by Gasteiger charge is -2.47. The van der Waals surface area contributed by atoms with Crippen LogP contribution in [-0.4, -0.2) is 36.1 Å². The van der Waals surface area contributed by atoms with E-state index in [2.05, 4.69) is 28.1 Å². The molecule has 0 radical (unpaired) electrons. The smallest absolute Gasteiger partial charge is 0.286 e. The zero-order valence-corrected chi connectivity index (χ0v) is 18.6. The Morgan fingerprint density at radius 1 is 1.24 bits per heavy atom. The summed E-state index contributed by atoms with van der Waals surface area (Å²) in [6, 6.07) is 12.4. The SMILES string of the molecule is Cc1nc(N)nc(N2CC(C)C2Sc2nn3ccc(F)c3c(=O)n2-c2ccccc2)c1C#N. The van der Waals surface area contributed by atoms with Gasteiger partial charge in [0.05, 0.1) is 16.8 Å². The van der Waals surface area contributed by atoms with E-state index in [0.29, 0.717) is 34.5 Å². The summed E-state index contributed by atoms with van der Waals surface area (Å²) in [6.07, 6.45) is 1.43. The molecule has 0 amide bonds. The van der Waals surface area contributed by atoms with Gasteiger partial charge in [-0.15, -0.1) is 5.10 Å². The highest BCUT2D eigenvalue weighted by molar-refractivity contribution is 8.00. The number of anilines is 2. The molecule has 2 N–H and O–H groups in total. The summed E-state index contributed by atoms with van der Waals surface area (Å²) in [5.41, 5.74) is 6.68. The number of nitrogen functional groups attached to an aromatic ring is 1. The Morgan fingerprint density at radius 3 is 2.70 bits per heavy atom. The largest absolute Gasteiger partial charge is 0.368 e. The monoisotopic (exact) mass is 462 g/mol. The molecule has 4 aromatic rings. The van der Waals surface area contributed by atoms with Crippen molar-refractivity contribution in [1.82, 2.24) is 24.1 Å². The van der Waals surface area contributed by atoms with Crippen molar-refractivity contribution in [3.8, 4) is 11.8 Å². The van der Waals surface area contributed by atoms with Gasteiger partial charge in [-0.25, -0.2) is 13.9 Å². The number of aryl methyl sites for hydroxylation is 1. The van der Waals surface area contributed by atoms with Gasteiger partial charge in [-0.05, 0) is 25.1 Å². The van der Waals surface area contributed by atoms with E-state index in [1.54, 1.807) is 31.2 Å². The highest BCUT2D eigenvalue weighted by Crippen LogP contribution is 2.41. The fourth-order valence-electron chi connectivity index (χ4n) is 3.98. The molecular formula is C22H19FN8OS. The lowest BCUT2D eigenvalue weighted by Crippen LogP contribution is -2.54. The molecule has 33 heavy (non-hydrogen) atoms. The molecule has 166 valence electrons. The highest BCUT2D eigenvalue weighted by atomic mass is 32.2. The standard InChI is InChI=1S/C22H19FN8OS/c1-12-11-29(18-15(10-24)13(2)26-21(25)27-18)20(12)33-22-28-30-9-8-16(23)17(30)19(32)31(22)14-6-4-3-5-7-14/h3-9,12,20H,11H2,1-2H3,(H2,25,26,27). The fourth-order valence-corrected chi connectivity index (χ4v) is 5.26. The van der Waals surface area contributed by atoms with E-state index < -0.39 is 11.4 Å². The summed E-state index contributed by atoms with van der Waals surface area (Å²) in [7, 11) is 0. The van der Waals surface area contributed by atoms with Crippen LogP contribution < -0.4 is 16.2 Å². The third-order valence-corrected chi connectivity index (χ3v) is 7.03. The number of benzene rings is 1. The Morgan fingerprint density at radius 2 is 2.00 bits per heavy atom. The van der Waals surface area contributed by atoms with Crippen molar-refractivity contribution in [1.29, 1.82) is 5.26 Å². The minimum Gasteiger partial charge on any atom is -0.368 e. The fraction of sp³-hybridized carbons (Fsp3) is 0.227. The van der Waals surface area contributed by atoms with Crippen LogP contribution in [0, 0.1) is 30.0 Å². The highest BCUT2D eigenvalue weighted by Gasteiger charge is 2.40. The molecule has 0 aliphatic carbocycles. The number of thioether (sulfide) groups is 1. The van der Waals surface area contributed by atoms with Crippen molar-refractivity contribution in [3.05, 3.63) is 70.0 Å². The Balaban J connectivity index is 1.63. The number of rotatable bonds is 4. The second-order valence-corrected chi connectivity index (χ2v) is 8.92. The molecule has 0 bridgehead atoms. The minimum atomic E-state index is -0.627. The number of aromatic nitrogens is 5. The third kappa shape index (κ3) is 3.39. The summed E-state index contributed by atoms with van der Waals surface area (Å²) in [5, 5.41) is 14.4. The number of halogens is 1.